The first-order chi connectivity index (χ1) is 13.8. The maximum atomic E-state index is 12.9. The molecule has 0 heterocycles. The summed E-state index contributed by atoms with van der Waals surface area (Å²) in [4.78, 5) is 17.5. The summed E-state index contributed by atoms with van der Waals surface area (Å²) in [6.07, 6.45) is 6.44. The van der Waals surface area contributed by atoms with Gasteiger partial charge in [0.1, 0.15) is 11.6 Å². The summed E-state index contributed by atoms with van der Waals surface area (Å²) in [5, 5.41) is 0. The third-order valence-corrected chi connectivity index (χ3v) is 5.57. The Hall–Kier alpha value is -1.29. The van der Waals surface area contributed by atoms with Crippen molar-refractivity contribution in [2.45, 2.75) is 92.2 Å². The van der Waals surface area contributed by atoms with Crippen molar-refractivity contribution in [2.24, 2.45) is 16.3 Å². The number of nitrogens with zero attached hydrogens (tertiary/aromatic N) is 1. The van der Waals surface area contributed by atoms with Gasteiger partial charge in [0.15, 0.2) is 0 Å². The number of hydrogen-bond acceptors (Lipinski definition) is 4. The summed E-state index contributed by atoms with van der Waals surface area (Å²) in [6, 6.07) is 8.39. The van der Waals surface area contributed by atoms with E-state index in [1.165, 1.54) is 11.1 Å². The average molecular weight is 434 g/mol. The number of esters is 1. The van der Waals surface area contributed by atoms with Gasteiger partial charge in [0.05, 0.1) is 0 Å². The molecule has 0 bridgehead atoms. The lowest BCUT2D eigenvalue weighted by Crippen LogP contribution is -2.36. The lowest BCUT2D eigenvalue weighted by atomic mass is 9.83. The molecule has 0 amide bonds. The van der Waals surface area contributed by atoms with E-state index < -0.39 is 11.6 Å². The number of carbonyl (C=O) groups is 1. The number of ether oxygens (including phenoxy) is 1. The van der Waals surface area contributed by atoms with E-state index in [0.29, 0.717) is 12.3 Å². The Morgan fingerprint density at radius 2 is 1.70 bits per heavy atom. The Morgan fingerprint density at radius 1 is 1.10 bits per heavy atom. The zero-order chi connectivity index (χ0) is 22.9. The minimum absolute atomic E-state index is 0.0987. The van der Waals surface area contributed by atoms with Crippen LogP contribution in [0.25, 0.3) is 0 Å². The SMILES string of the molecule is CSCCC(N=CC(C)Cc1ccc(C(C)C)cc1)C(=O)OC(C)(C)CC(C)(C)C. The average Bonchev–Trinajstić information content (AvgIpc) is 2.59. The topological polar surface area (TPSA) is 38.7 Å². The van der Waals surface area contributed by atoms with Crippen molar-refractivity contribution in [3.8, 4) is 0 Å². The molecule has 0 radical (unpaired) electrons. The molecule has 4 heteroatoms. The molecule has 0 aliphatic heterocycles. The molecule has 1 aromatic carbocycles. The quantitative estimate of drug-likeness (QED) is 0.280. The number of hydrogen-bond donors (Lipinski definition) is 0. The van der Waals surface area contributed by atoms with Gasteiger partial charge in [0, 0.05) is 6.21 Å². The largest absolute Gasteiger partial charge is 0.458 e. The number of benzene rings is 1. The lowest BCUT2D eigenvalue weighted by Gasteiger charge is -2.33. The molecule has 1 aromatic rings. The molecule has 0 N–H and O–H groups in total. The number of aliphatic imine (C=N–C) groups is 1. The zero-order valence-electron chi connectivity index (χ0n) is 20.6. The van der Waals surface area contributed by atoms with Gasteiger partial charge in [-0.1, -0.05) is 65.8 Å². The molecule has 0 aromatic heterocycles. The van der Waals surface area contributed by atoms with Crippen LogP contribution >= 0.6 is 11.8 Å². The summed E-state index contributed by atoms with van der Waals surface area (Å²) in [5.74, 6) is 1.50. The summed E-state index contributed by atoms with van der Waals surface area (Å²) >= 11 is 1.73. The van der Waals surface area contributed by atoms with Crippen molar-refractivity contribution in [1.29, 1.82) is 0 Å². The van der Waals surface area contributed by atoms with Crippen LogP contribution in [0.1, 0.15) is 85.3 Å². The number of thioether (sulfide) groups is 1. The Balaban J connectivity index is 2.77. The number of carbonyl (C=O) groups excluding carboxylic acids is 1. The zero-order valence-corrected chi connectivity index (χ0v) is 21.4. The van der Waals surface area contributed by atoms with Gasteiger partial charge in [0.2, 0.25) is 0 Å². The van der Waals surface area contributed by atoms with E-state index in [-0.39, 0.29) is 17.3 Å². The Labute approximate surface area is 189 Å². The fourth-order valence-corrected chi connectivity index (χ4v) is 4.31. The summed E-state index contributed by atoms with van der Waals surface area (Å²) < 4.78 is 5.90. The van der Waals surface area contributed by atoms with Crippen LogP contribution in [0.4, 0.5) is 0 Å². The Kier molecular flexibility index (Phi) is 10.6. The maximum absolute atomic E-state index is 12.9. The van der Waals surface area contributed by atoms with Crippen LogP contribution < -0.4 is 0 Å². The predicted molar refractivity (Wildman–Crippen MR) is 133 cm³/mol. The molecule has 30 heavy (non-hydrogen) atoms. The summed E-state index contributed by atoms with van der Waals surface area (Å²) in [6.45, 7) is 17.1. The second kappa shape index (κ2) is 11.9. The van der Waals surface area contributed by atoms with Crippen LogP contribution in [-0.2, 0) is 16.0 Å². The Morgan fingerprint density at radius 3 is 2.20 bits per heavy atom. The van der Waals surface area contributed by atoms with Gasteiger partial charge in [-0.3, -0.25) is 4.99 Å². The van der Waals surface area contributed by atoms with Crippen LogP contribution in [-0.4, -0.2) is 35.8 Å². The highest BCUT2D eigenvalue weighted by atomic mass is 32.2. The van der Waals surface area contributed by atoms with Crippen molar-refractivity contribution < 1.29 is 9.53 Å². The van der Waals surface area contributed by atoms with Gasteiger partial charge in [-0.2, -0.15) is 11.8 Å². The molecule has 0 fully saturated rings. The molecule has 1 rings (SSSR count). The highest BCUT2D eigenvalue weighted by Crippen LogP contribution is 2.30. The fourth-order valence-electron chi connectivity index (χ4n) is 3.85. The highest BCUT2D eigenvalue weighted by molar-refractivity contribution is 7.98. The number of rotatable bonds is 11. The highest BCUT2D eigenvalue weighted by Gasteiger charge is 2.31. The molecule has 0 aliphatic rings. The van der Waals surface area contributed by atoms with E-state index in [1.54, 1.807) is 11.8 Å². The van der Waals surface area contributed by atoms with Crippen LogP contribution in [0.2, 0.25) is 0 Å². The van der Waals surface area contributed by atoms with E-state index in [4.69, 9.17) is 4.74 Å². The predicted octanol–water partition coefficient (Wildman–Crippen LogP) is 6.94. The molecule has 3 nitrogen and oxygen atoms in total. The van der Waals surface area contributed by atoms with E-state index in [1.807, 2.05) is 20.1 Å². The van der Waals surface area contributed by atoms with Crippen molar-refractivity contribution >= 4 is 23.9 Å². The van der Waals surface area contributed by atoms with Gasteiger partial charge in [-0.15, -0.1) is 0 Å². The van der Waals surface area contributed by atoms with Crippen molar-refractivity contribution in [1.82, 2.24) is 0 Å². The summed E-state index contributed by atoms with van der Waals surface area (Å²) in [7, 11) is 0. The van der Waals surface area contributed by atoms with Gasteiger partial charge in [-0.05, 0) is 73.5 Å². The van der Waals surface area contributed by atoms with Crippen molar-refractivity contribution in [2.75, 3.05) is 12.0 Å². The van der Waals surface area contributed by atoms with Crippen LogP contribution in [0.3, 0.4) is 0 Å². The van der Waals surface area contributed by atoms with Crippen LogP contribution in [0.15, 0.2) is 29.3 Å². The normalized spacial score (nSPS) is 14.9. The molecule has 0 saturated carbocycles. The monoisotopic (exact) mass is 433 g/mol. The van der Waals surface area contributed by atoms with Crippen LogP contribution in [0, 0.1) is 11.3 Å². The standard InChI is InChI=1S/C26H43NO2S/c1-19(2)22-12-10-21(11-13-22)16-20(3)17-27-23(14-15-30-9)24(28)29-26(7,8)18-25(4,5)6/h10-13,17,19-20,23H,14-16,18H2,1-9H3. The molecule has 0 saturated heterocycles. The molecular formula is C26H43NO2S. The minimum atomic E-state index is -0.494. The molecule has 2 unspecified atom stereocenters. The smallest absolute Gasteiger partial charge is 0.331 e. The third kappa shape index (κ3) is 10.7. The second-order valence-electron chi connectivity index (χ2n) is 10.6. The third-order valence-electron chi connectivity index (χ3n) is 4.92. The first-order valence-corrected chi connectivity index (χ1v) is 12.6. The van der Waals surface area contributed by atoms with Crippen molar-refractivity contribution in [3.05, 3.63) is 35.4 Å². The molecule has 2 atom stereocenters. The van der Waals surface area contributed by atoms with Crippen molar-refractivity contribution in [3.63, 3.8) is 0 Å². The fraction of sp³-hybridized carbons (Fsp3) is 0.692. The van der Waals surface area contributed by atoms with Gasteiger partial charge >= 0.3 is 5.97 Å². The van der Waals surface area contributed by atoms with Gasteiger partial charge in [0.25, 0.3) is 0 Å². The second-order valence-corrected chi connectivity index (χ2v) is 11.6. The first-order valence-electron chi connectivity index (χ1n) is 11.2. The van der Waals surface area contributed by atoms with E-state index in [2.05, 4.69) is 77.1 Å². The van der Waals surface area contributed by atoms with Crippen LogP contribution in [0.5, 0.6) is 0 Å². The molecule has 0 aliphatic carbocycles. The first kappa shape index (κ1) is 26.7. The van der Waals surface area contributed by atoms with E-state index in [0.717, 1.165) is 18.6 Å². The molecule has 0 spiro atoms. The van der Waals surface area contributed by atoms with Gasteiger partial charge < -0.3 is 4.74 Å². The van der Waals surface area contributed by atoms with E-state index >= 15 is 0 Å². The lowest BCUT2D eigenvalue weighted by molar-refractivity contribution is -0.160. The molecule has 170 valence electrons. The molecular weight excluding hydrogens is 390 g/mol. The Bertz CT molecular complexity index is 671. The van der Waals surface area contributed by atoms with E-state index in [9.17, 15) is 4.79 Å². The maximum Gasteiger partial charge on any atom is 0.331 e. The minimum Gasteiger partial charge on any atom is -0.458 e. The van der Waals surface area contributed by atoms with Gasteiger partial charge in [-0.25, -0.2) is 4.79 Å². The summed E-state index contributed by atoms with van der Waals surface area (Å²) in [5.41, 5.74) is 2.26.